The molecular formula is C19H26N8O2S. The third-order valence-corrected chi connectivity index (χ3v) is 7.90. The third-order valence-electron chi connectivity index (χ3n) is 5.73. The summed E-state index contributed by atoms with van der Waals surface area (Å²) in [6.07, 6.45) is 3.42. The number of anilines is 1. The summed E-state index contributed by atoms with van der Waals surface area (Å²) in [4.78, 5) is 9.32. The van der Waals surface area contributed by atoms with E-state index in [1.807, 2.05) is 12.1 Å². The zero-order valence-corrected chi connectivity index (χ0v) is 18.0. The second-order valence-electron chi connectivity index (χ2n) is 7.93. The van der Waals surface area contributed by atoms with Gasteiger partial charge < -0.3 is 14.5 Å². The van der Waals surface area contributed by atoms with E-state index in [9.17, 15) is 4.21 Å². The summed E-state index contributed by atoms with van der Waals surface area (Å²) in [5, 5.41) is 12.3. The topological polar surface area (TPSA) is 105 Å². The van der Waals surface area contributed by atoms with Crippen molar-refractivity contribution in [1.82, 2.24) is 29.9 Å². The molecule has 3 aromatic heterocycles. The van der Waals surface area contributed by atoms with Crippen molar-refractivity contribution in [2.75, 3.05) is 56.3 Å². The highest BCUT2D eigenvalue weighted by atomic mass is 32.2. The minimum atomic E-state index is -2.32. The molecule has 30 heavy (non-hydrogen) atoms. The van der Waals surface area contributed by atoms with Crippen LogP contribution in [-0.2, 0) is 14.5 Å². The lowest BCUT2D eigenvalue weighted by Crippen LogP contribution is -2.44. The molecule has 2 aliphatic heterocycles. The van der Waals surface area contributed by atoms with Gasteiger partial charge in [0.05, 0.1) is 52.5 Å². The number of fused-ring (bicyclic) bond motifs is 1. The molecule has 0 bridgehead atoms. The molecule has 10 nitrogen and oxygen atoms in total. The van der Waals surface area contributed by atoms with E-state index in [0.717, 1.165) is 36.7 Å². The van der Waals surface area contributed by atoms with Crippen molar-refractivity contribution in [3.63, 3.8) is 0 Å². The number of H-pyrrole nitrogens is 1. The van der Waals surface area contributed by atoms with E-state index in [-0.39, 0.29) is 6.04 Å². The number of aromatic nitrogens is 5. The fourth-order valence-corrected chi connectivity index (χ4v) is 5.98. The Morgan fingerprint density at radius 3 is 2.87 bits per heavy atom. The number of pyridine rings is 1. The van der Waals surface area contributed by atoms with Gasteiger partial charge in [0.15, 0.2) is 11.5 Å². The number of hydrogen-bond acceptors (Lipinski definition) is 8. The highest BCUT2D eigenvalue weighted by molar-refractivity contribution is 7.93. The molecule has 0 amide bonds. The Hall–Kier alpha value is -2.50. The number of hydrogen-bond donors (Lipinski definition) is 1. The van der Waals surface area contributed by atoms with Crippen molar-refractivity contribution >= 4 is 32.3 Å². The van der Waals surface area contributed by atoms with Gasteiger partial charge >= 0.3 is 0 Å². The van der Waals surface area contributed by atoms with E-state index in [4.69, 9.17) is 14.1 Å². The van der Waals surface area contributed by atoms with Gasteiger partial charge in [-0.1, -0.05) is 0 Å². The molecule has 160 valence electrons. The zero-order valence-electron chi connectivity index (χ0n) is 17.2. The number of nitrogens with zero attached hydrogens (tertiary/aromatic N) is 7. The maximum absolute atomic E-state index is 13.5. The molecule has 0 spiro atoms. The molecule has 0 saturated carbocycles. The highest BCUT2D eigenvalue weighted by Gasteiger charge is 2.24. The Morgan fingerprint density at radius 2 is 2.13 bits per heavy atom. The summed E-state index contributed by atoms with van der Waals surface area (Å²) in [6, 6.07) is 3.98. The molecule has 0 aromatic carbocycles. The fraction of sp³-hybridized carbons (Fsp3) is 0.526. The molecular weight excluding hydrogens is 404 g/mol. The van der Waals surface area contributed by atoms with Gasteiger partial charge in [-0.3, -0.25) is 5.10 Å². The van der Waals surface area contributed by atoms with Crippen molar-refractivity contribution in [2.45, 2.75) is 13.0 Å². The highest BCUT2D eigenvalue weighted by Crippen LogP contribution is 2.33. The Morgan fingerprint density at radius 1 is 1.30 bits per heavy atom. The summed E-state index contributed by atoms with van der Waals surface area (Å²) in [6.45, 7) is 5.74. The zero-order chi connectivity index (χ0) is 20.7. The van der Waals surface area contributed by atoms with Gasteiger partial charge in [-0.05, 0) is 14.0 Å². The minimum absolute atomic E-state index is 0.192. The van der Waals surface area contributed by atoms with Crippen LogP contribution < -0.4 is 4.90 Å². The van der Waals surface area contributed by atoms with Crippen LogP contribution in [0.25, 0.3) is 16.9 Å². The van der Waals surface area contributed by atoms with Gasteiger partial charge in [-0.2, -0.15) is 19.2 Å². The summed E-state index contributed by atoms with van der Waals surface area (Å²) in [5.41, 5.74) is 1.36. The quantitative estimate of drug-likeness (QED) is 0.670. The van der Waals surface area contributed by atoms with Crippen LogP contribution in [0.2, 0.25) is 0 Å². The van der Waals surface area contributed by atoms with Crippen LogP contribution >= 0.6 is 0 Å². The predicted molar refractivity (Wildman–Crippen MR) is 116 cm³/mol. The molecule has 1 atom stereocenters. The average Bonchev–Trinajstić information content (AvgIpc) is 3.40. The fourth-order valence-electron chi connectivity index (χ4n) is 3.89. The van der Waals surface area contributed by atoms with Crippen LogP contribution in [0.4, 0.5) is 11.5 Å². The molecule has 2 fully saturated rings. The van der Waals surface area contributed by atoms with Gasteiger partial charge in [0.1, 0.15) is 5.82 Å². The lowest BCUT2D eigenvalue weighted by molar-refractivity contribution is 0.0985. The molecule has 3 aromatic rings. The SMILES string of the molecule is C[C@@H]1COCCN1c1cc(N=S2(=O)CCN(C)CC2)c2cnn(-c3ccn[nH]3)c2n1. The smallest absolute Gasteiger partial charge is 0.169 e. The molecule has 1 N–H and O–H groups in total. The van der Waals surface area contributed by atoms with E-state index >= 15 is 0 Å². The van der Waals surface area contributed by atoms with Gasteiger partial charge in [0.2, 0.25) is 0 Å². The van der Waals surface area contributed by atoms with E-state index in [1.165, 1.54) is 0 Å². The van der Waals surface area contributed by atoms with Crippen molar-refractivity contribution in [3.8, 4) is 5.82 Å². The lowest BCUT2D eigenvalue weighted by Gasteiger charge is -2.34. The average molecular weight is 431 g/mol. The van der Waals surface area contributed by atoms with E-state index in [1.54, 1.807) is 17.1 Å². The second-order valence-corrected chi connectivity index (χ2v) is 10.5. The first-order chi connectivity index (χ1) is 14.5. The molecule has 2 aliphatic rings. The maximum Gasteiger partial charge on any atom is 0.169 e. The maximum atomic E-state index is 13.5. The van der Waals surface area contributed by atoms with Gasteiger partial charge in [-0.25, -0.2) is 9.19 Å². The monoisotopic (exact) mass is 430 g/mol. The Kier molecular flexibility index (Phi) is 4.95. The summed E-state index contributed by atoms with van der Waals surface area (Å²) < 4.78 is 25.6. The first-order valence-electron chi connectivity index (χ1n) is 10.2. The normalized spacial score (nSPS) is 22.5. The first-order valence-corrected chi connectivity index (χ1v) is 12.0. The standard InChI is InChI=1S/C19H26N8O2S/c1-14-13-29-8-5-26(14)18-11-16(24-30(28)9-6-25(2)7-10-30)15-12-21-27(19(15)22-18)17-3-4-20-23-17/h3-4,11-12,14H,5-10,13H2,1-2H3,(H,20,23)/t14-/m1/s1. The lowest BCUT2D eigenvalue weighted by atomic mass is 10.2. The van der Waals surface area contributed by atoms with Crippen LogP contribution in [0.3, 0.4) is 0 Å². The number of rotatable bonds is 3. The Labute approximate surface area is 175 Å². The van der Waals surface area contributed by atoms with E-state index < -0.39 is 9.73 Å². The summed E-state index contributed by atoms with van der Waals surface area (Å²) >= 11 is 0. The van der Waals surface area contributed by atoms with Crippen molar-refractivity contribution in [1.29, 1.82) is 0 Å². The van der Waals surface area contributed by atoms with Crippen LogP contribution in [0, 0.1) is 0 Å². The molecule has 2 saturated heterocycles. The molecule has 11 heteroatoms. The van der Waals surface area contributed by atoms with Crippen LogP contribution in [-0.4, -0.2) is 91.5 Å². The second kappa shape index (κ2) is 7.64. The summed E-state index contributed by atoms with van der Waals surface area (Å²) in [5.74, 6) is 2.67. The summed E-state index contributed by atoms with van der Waals surface area (Å²) in [7, 11) is -0.266. The Balaban J connectivity index is 1.68. The van der Waals surface area contributed by atoms with Crippen molar-refractivity contribution in [2.24, 2.45) is 4.36 Å². The van der Waals surface area contributed by atoms with Crippen LogP contribution in [0.5, 0.6) is 0 Å². The van der Waals surface area contributed by atoms with Crippen LogP contribution in [0.15, 0.2) is 28.9 Å². The molecule has 0 aliphatic carbocycles. The number of ether oxygens (including phenoxy) is 1. The molecule has 5 rings (SSSR count). The molecule has 0 radical (unpaired) electrons. The Bertz CT molecular complexity index is 1150. The number of aromatic amines is 1. The third kappa shape index (κ3) is 3.57. The molecule has 5 heterocycles. The van der Waals surface area contributed by atoms with Crippen LogP contribution in [0.1, 0.15) is 6.92 Å². The number of nitrogens with one attached hydrogen (secondary N) is 1. The predicted octanol–water partition coefficient (Wildman–Crippen LogP) is 1.41. The van der Waals surface area contributed by atoms with E-state index in [2.05, 4.69) is 39.1 Å². The van der Waals surface area contributed by atoms with Crippen molar-refractivity contribution in [3.05, 3.63) is 24.5 Å². The van der Waals surface area contributed by atoms with Crippen molar-refractivity contribution < 1.29 is 8.95 Å². The van der Waals surface area contributed by atoms with Gasteiger partial charge in [0.25, 0.3) is 0 Å². The van der Waals surface area contributed by atoms with E-state index in [0.29, 0.717) is 36.1 Å². The molecule has 0 unspecified atom stereocenters. The number of morpholine rings is 1. The van der Waals surface area contributed by atoms with Gasteiger partial charge in [-0.15, -0.1) is 0 Å². The largest absolute Gasteiger partial charge is 0.377 e. The minimum Gasteiger partial charge on any atom is -0.377 e. The van der Waals surface area contributed by atoms with Gasteiger partial charge in [0, 0.05) is 43.3 Å². The first kappa shape index (κ1) is 19.5.